The van der Waals surface area contributed by atoms with Gasteiger partial charge in [0.1, 0.15) is 0 Å². The Labute approximate surface area is 102 Å². The lowest BCUT2D eigenvalue weighted by atomic mass is 10.3. The number of H-pyrrole nitrogens is 1. The van der Waals surface area contributed by atoms with Gasteiger partial charge in [-0.25, -0.2) is 9.71 Å². The van der Waals surface area contributed by atoms with Crippen LogP contribution in [-0.2, 0) is 16.6 Å². The topological polar surface area (TPSA) is 134 Å². The van der Waals surface area contributed by atoms with Gasteiger partial charge in [0, 0.05) is 11.3 Å². The summed E-state index contributed by atoms with van der Waals surface area (Å²) in [5.41, 5.74) is 0.677. The quantitative estimate of drug-likeness (QED) is 0.661. The van der Waals surface area contributed by atoms with Gasteiger partial charge in [-0.15, -0.1) is 5.10 Å². The van der Waals surface area contributed by atoms with Gasteiger partial charge in [0.25, 0.3) is 16.0 Å². The molecular weight excluding hydrogens is 260 g/mol. The Morgan fingerprint density at radius 1 is 1.44 bits per heavy atom. The van der Waals surface area contributed by atoms with Gasteiger partial charge in [0.05, 0.1) is 19.0 Å². The molecule has 10 heteroatoms. The molecule has 2 rings (SSSR count). The molecule has 0 aliphatic rings. The van der Waals surface area contributed by atoms with E-state index in [9.17, 15) is 8.42 Å². The van der Waals surface area contributed by atoms with E-state index in [1.165, 1.54) is 12.4 Å². The second-order valence-electron chi connectivity index (χ2n) is 3.36. The van der Waals surface area contributed by atoms with Crippen molar-refractivity contribution in [2.24, 2.45) is 0 Å². The third-order valence-corrected chi connectivity index (χ3v) is 3.45. The maximum absolute atomic E-state index is 12.0. The molecule has 0 fully saturated rings. The first-order chi connectivity index (χ1) is 8.54. The summed E-state index contributed by atoms with van der Waals surface area (Å²) >= 11 is 0. The molecule has 9 nitrogen and oxygen atoms in total. The fraction of sp³-hybridized carbons (Fsp3) is 0.250. The SMILES string of the molecule is Cc1[nH]nc(S(=O)(=O)Nc2nccnn2)c1CO. The third kappa shape index (κ3) is 2.28. The number of nitrogens with zero attached hydrogens (tertiary/aromatic N) is 4. The molecule has 2 heterocycles. The van der Waals surface area contributed by atoms with E-state index < -0.39 is 16.6 Å². The Kier molecular flexibility index (Phi) is 3.21. The van der Waals surface area contributed by atoms with Crippen LogP contribution in [0.25, 0.3) is 0 Å². The summed E-state index contributed by atoms with van der Waals surface area (Å²) in [6, 6.07) is 0. The normalized spacial score (nSPS) is 11.4. The van der Waals surface area contributed by atoms with E-state index in [1.807, 2.05) is 0 Å². The Hall–Kier alpha value is -2.07. The predicted molar refractivity (Wildman–Crippen MR) is 59.9 cm³/mol. The Morgan fingerprint density at radius 2 is 2.22 bits per heavy atom. The minimum atomic E-state index is -3.95. The summed E-state index contributed by atoms with van der Waals surface area (Å²) in [6.45, 7) is 1.17. The van der Waals surface area contributed by atoms with Crippen LogP contribution in [-0.4, -0.2) is 38.9 Å². The lowest BCUT2D eigenvalue weighted by Gasteiger charge is -2.04. The van der Waals surface area contributed by atoms with Gasteiger partial charge < -0.3 is 5.11 Å². The highest BCUT2D eigenvalue weighted by molar-refractivity contribution is 7.92. The average Bonchev–Trinajstić information content (AvgIpc) is 2.72. The molecule has 0 amide bonds. The molecule has 18 heavy (non-hydrogen) atoms. The van der Waals surface area contributed by atoms with E-state index in [4.69, 9.17) is 5.11 Å². The first-order valence-electron chi connectivity index (χ1n) is 4.86. The Balaban J connectivity index is 2.37. The monoisotopic (exact) mass is 270 g/mol. The molecule has 0 saturated heterocycles. The molecule has 2 aromatic rings. The van der Waals surface area contributed by atoms with E-state index in [1.54, 1.807) is 6.92 Å². The van der Waals surface area contributed by atoms with Gasteiger partial charge in [-0.05, 0) is 6.92 Å². The van der Waals surface area contributed by atoms with Crippen LogP contribution in [0.3, 0.4) is 0 Å². The van der Waals surface area contributed by atoms with E-state index in [0.29, 0.717) is 5.69 Å². The number of aliphatic hydroxyl groups is 1. The van der Waals surface area contributed by atoms with Crippen LogP contribution in [0.15, 0.2) is 17.4 Å². The standard InChI is InChI=1S/C8H10N6O3S/c1-5-6(4-15)7(12-11-5)18(16,17)14-8-9-2-3-10-13-8/h2-3,15H,4H2,1H3,(H,11,12)(H,9,13,14). The van der Waals surface area contributed by atoms with Crippen molar-refractivity contribution in [2.45, 2.75) is 18.6 Å². The van der Waals surface area contributed by atoms with Crippen molar-refractivity contribution in [2.75, 3.05) is 4.72 Å². The zero-order valence-electron chi connectivity index (χ0n) is 9.32. The van der Waals surface area contributed by atoms with Gasteiger partial charge >= 0.3 is 0 Å². The number of aliphatic hydroxyl groups excluding tert-OH is 1. The van der Waals surface area contributed by atoms with Crippen LogP contribution in [0, 0.1) is 6.92 Å². The third-order valence-electron chi connectivity index (χ3n) is 2.16. The minimum absolute atomic E-state index is 0.165. The highest BCUT2D eigenvalue weighted by Crippen LogP contribution is 2.17. The molecule has 0 atom stereocenters. The highest BCUT2D eigenvalue weighted by atomic mass is 32.2. The van der Waals surface area contributed by atoms with Crippen LogP contribution in [0.4, 0.5) is 5.95 Å². The molecule has 0 bridgehead atoms. The molecule has 0 spiro atoms. The smallest absolute Gasteiger partial charge is 0.283 e. The van der Waals surface area contributed by atoms with Crippen molar-refractivity contribution >= 4 is 16.0 Å². The minimum Gasteiger partial charge on any atom is -0.392 e. The van der Waals surface area contributed by atoms with E-state index in [2.05, 4.69) is 30.1 Å². The molecule has 0 aliphatic heterocycles. The first kappa shape index (κ1) is 12.4. The number of sulfonamides is 1. The fourth-order valence-corrected chi connectivity index (χ4v) is 2.44. The maximum atomic E-state index is 12.0. The number of hydrogen-bond donors (Lipinski definition) is 3. The van der Waals surface area contributed by atoms with Crippen LogP contribution in [0.5, 0.6) is 0 Å². The number of anilines is 1. The lowest BCUT2D eigenvalue weighted by molar-refractivity contribution is 0.277. The predicted octanol–water partition coefficient (Wildman–Crippen LogP) is -0.804. The zero-order chi connectivity index (χ0) is 13.2. The average molecular weight is 270 g/mol. The number of rotatable bonds is 4. The van der Waals surface area contributed by atoms with E-state index in [0.717, 1.165) is 0 Å². The molecule has 0 unspecified atom stereocenters. The number of aromatic nitrogens is 5. The molecule has 0 aliphatic carbocycles. The summed E-state index contributed by atoms with van der Waals surface area (Å²) in [4.78, 5) is 3.69. The van der Waals surface area contributed by atoms with Crippen molar-refractivity contribution in [1.82, 2.24) is 25.4 Å². The number of hydrogen-bond acceptors (Lipinski definition) is 7. The fourth-order valence-electron chi connectivity index (χ4n) is 1.30. The van der Waals surface area contributed by atoms with Crippen molar-refractivity contribution in [3.8, 4) is 0 Å². The first-order valence-corrected chi connectivity index (χ1v) is 6.34. The maximum Gasteiger partial charge on any atom is 0.283 e. The summed E-state index contributed by atoms with van der Waals surface area (Å²) in [5.74, 6) is -0.165. The van der Waals surface area contributed by atoms with Crippen LogP contribution >= 0.6 is 0 Å². The highest BCUT2D eigenvalue weighted by Gasteiger charge is 2.24. The molecular formula is C8H10N6O3S. The lowest BCUT2D eigenvalue weighted by Crippen LogP contribution is -2.17. The van der Waals surface area contributed by atoms with Gasteiger partial charge in [-0.2, -0.15) is 18.6 Å². The van der Waals surface area contributed by atoms with Gasteiger partial charge in [-0.1, -0.05) is 0 Å². The summed E-state index contributed by atoms with van der Waals surface area (Å²) < 4.78 is 26.1. The molecule has 2 aromatic heterocycles. The molecule has 3 N–H and O–H groups in total. The number of nitrogens with one attached hydrogen (secondary N) is 2. The van der Waals surface area contributed by atoms with Crippen LogP contribution < -0.4 is 4.72 Å². The number of aryl methyl sites for hydroxylation is 1. The zero-order valence-corrected chi connectivity index (χ0v) is 10.1. The van der Waals surface area contributed by atoms with Crippen molar-refractivity contribution < 1.29 is 13.5 Å². The Morgan fingerprint density at radius 3 is 2.83 bits per heavy atom. The molecule has 0 saturated carbocycles. The van der Waals surface area contributed by atoms with Crippen molar-refractivity contribution in [3.63, 3.8) is 0 Å². The summed E-state index contributed by atoms with van der Waals surface area (Å²) in [5, 5.41) is 22.0. The molecule has 96 valence electrons. The Bertz CT molecular complexity index is 638. The van der Waals surface area contributed by atoms with E-state index in [-0.39, 0.29) is 16.5 Å². The molecule has 0 aromatic carbocycles. The van der Waals surface area contributed by atoms with E-state index >= 15 is 0 Å². The van der Waals surface area contributed by atoms with Gasteiger partial charge in [0.2, 0.25) is 5.03 Å². The second kappa shape index (κ2) is 4.66. The van der Waals surface area contributed by atoms with Crippen molar-refractivity contribution in [1.29, 1.82) is 0 Å². The molecule has 0 radical (unpaired) electrons. The second-order valence-corrected chi connectivity index (χ2v) is 4.96. The summed E-state index contributed by atoms with van der Waals surface area (Å²) in [7, 11) is -3.95. The summed E-state index contributed by atoms with van der Waals surface area (Å²) in [6.07, 6.45) is 2.61. The number of aromatic amines is 1. The van der Waals surface area contributed by atoms with Gasteiger partial charge in [0.15, 0.2) is 0 Å². The van der Waals surface area contributed by atoms with Crippen LogP contribution in [0.2, 0.25) is 0 Å². The van der Waals surface area contributed by atoms with Crippen molar-refractivity contribution in [3.05, 3.63) is 23.7 Å². The van der Waals surface area contributed by atoms with Crippen LogP contribution in [0.1, 0.15) is 11.3 Å². The largest absolute Gasteiger partial charge is 0.392 e. The van der Waals surface area contributed by atoms with Gasteiger partial charge in [-0.3, -0.25) is 5.10 Å².